The summed E-state index contributed by atoms with van der Waals surface area (Å²) in [6.07, 6.45) is 1.43. The van der Waals surface area contributed by atoms with Gasteiger partial charge in [0.25, 0.3) is 5.56 Å². The molecule has 0 radical (unpaired) electrons. The molecule has 3 rings (SSSR count). The summed E-state index contributed by atoms with van der Waals surface area (Å²) in [7, 11) is 0. The fourth-order valence-electron chi connectivity index (χ4n) is 2.42. The maximum atomic E-state index is 11.9. The zero-order valence-corrected chi connectivity index (χ0v) is 13.7. The lowest BCUT2D eigenvalue weighted by Crippen LogP contribution is -2.07. The topological polar surface area (TPSA) is 63.6 Å². The summed E-state index contributed by atoms with van der Waals surface area (Å²) < 4.78 is 1.99. The van der Waals surface area contributed by atoms with Gasteiger partial charge in [-0.2, -0.15) is 0 Å². The fourth-order valence-corrected chi connectivity index (χ4v) is 3.54. The standard InChI is InChI=1S/C16H18N4OS/c1-4-20-14-13(15(21)18-9-17-14)19-16(20)22-8-12-7-10(2)5-6-11(12)3/h5-7,9H,4,8H2,1-3H3,(H,17,18,21). The van der Waals surface area contributed by atoms with Crippen LogP contribution in [0.3, 0.4) is 0 Å². The second kappa shape index (κ2) is 5.96. The third-order valence-electron chi connectivity index (χ3n) is 3.68. The first-order chi connectivity index (χ1) is 10.6. The molecule has 6 heteroatoms. The number of hydrogen-bond acceptors (Lipinski definition) is 4. The Kier molecular flexibility index (Phi) is 4.02. The summed E-state index contributed by atoms with van der Waals surface area (Å²) in [5, 5.41) is 0.836. The van der Waals surface area contributed by atoms with Crippen molar-refractivity contribution in [2.75, 3.05) is 0 Å². The molecule has 0 saturated heterocycles. The van der Waals surface area contributed by atoms with E-state index < -0.39 is 0 Å². The van der Waals surface area contributed by atoms with Crippen molar-refractivity contribution in [3.05, 3.63) is 51.6 Å². The van der Waals surface area contributed by atoms with Crippen molar-refractivity contribution in [3.8, 4) is 0 Å². The molecule has 1 aromatic carbocycles. The number of H-pyrrole nitrogens is 1. The van der Waals surface area contributed by atoms with Crippen LogP contribution in [0, 0.1) is 13.8 Å². The highest BCUT2D eigenvalue weighted by atomic mass is 32.2. The van der Waals surface area contributed by atoms with Gasteiger partial charge in [-0.1, -0.05) is 35.5 Å². The van der Waals surface area contributed by atoms with Crippen LogP contribution in [0.1, 0.15) is 23.6 Å². The molecule has 5 nitrogen and oxygen atoms in total. The molecular formula is C16H18N4OS. The van der Waals surface area contributed by atoms with Crippen molar-refractivity contribution in [2.45, 2.75) is 38.2 Å². The van der Waals surface area contributed by atoms with E-state index in [1.165, 1.54) is 23.0 Å². The van der Waals surface area contributed by atoms with Crippen molar-refractivity contribution >= 4 is 22.9 Å². The summed E-state index contributed by atoms with van der Waals surface area (Å²) in [6.45, 7) is 6.98. The molecule has 2 aromatic heterocycles. The molecule has 0 spiro atoms. The van der Waals surface area contributed by atoms with Crippen molar-refractivity contribution in [3.63, 3.8) is 0 Å². The monoisotopic (exact) mass is 314 g/mol. The van der Waals surface area contributed by atoms with E-state index in [-0.39, 0.29) is 5.56 Å². The van der Waals surface area contributed by atoms with Gasteiger partial charge in [0, 0.05) is 12.3 Å². The number of nitrogens with zero attached hydrogens (tertiary/aromatic N) is 3. The molecule has 0 bridgehead atoms. The van der Waals surface area contributed by atoms with Crippen LogP contribution in [0.25, 0.3) is 11.2 Å². The summed E-state index contributed by atoms with van der Waals surface area (Å²) in [4.78, 5) is 23.2. The predicted octanol–water partition coefficient (Wildman–Crippen LogP) is 3.05. The van der Waals surface area contributed by atoms with E-state index in [2.05, 4.69) is 47.0 Å². The van der Waals surface area contributed by atoms with Crippen LogP contribution in [0.4, 0.5) is 0 Å². The van der Waals surface area contributed by atoms with E-state index in [0.717, 1.165) is 17.5 Å². The van der Waals surface area contributed by atoms with E-state index in [1.807, 2.05) is 11.5 Å². The number of aryl methyl sites for hydroxylation is 3. The van der Waals surface area contributed by atoms with Gasteiger partial charge in [-0.15, -0.1) is 0 Å². The summed E-state index contributed by atoms with van der Waals surface area (Å²) >= 11 is 1.64. The normalized spacial score (nSPS) is 11.2. The van der Waals surface area contributed by atoms with Crippen LogP contribution < -0.4 is 5.56 Å². The van der Waals surface area contributed by atoms with E-state index >= 15 is 0 Å². The van der Waals surface area contributed by atoms with Gasteiger partial charge in [0.05, 0.1) is 6.33 Å². The SMILES string of the molecule is CCn1c(SCc2cc(C)ccc2C)nc2c(=O)[nH]cnc21. The van der Waals surface area contributed by atoms with E-state index in [0.29, 0.717) is 11.2 Å². The number of benzene rings is 1. The van der Waals surface area contributed by atoms with Crippen LogP contribution in [0.15, 0.2) is 34.5 Å². The molecule has 0 amide bonds. The highest BCUT2D eigenvalue weighted by Crippen LogP contribution is 2.26. The Morgan fingerprint density at radius 3 is 2.91 bits per heavy atom. The Hall–Kier alpha value is -2.08. The number of hydrogen-bond donors (Lipinski definition) is 1. The van der Waals surface area contributed by atoms with Crippen LogP contribution >= 0.6 is 11.8 Å². The second-order valence-electron chi connectivity index (χ2n) is 5.26. The van der Waals surface area contributed by atoms with Crippen LogP contribution in [0.5, 0.6) is 0 Å². The molecule has 22 heavy (non-hydrogen) atoms. The molecule has 3 aromatic rings. The van der Waals surface area contributed by atoms with Gasteiger partial charge in [-0.05, 0) is 31.9 Å². The Bertz CT molecular complexity index is 881. The van der Waals surface area contributed by atoms with Gasteiger partial charge in [0.2, 0.25) is 0 Å². The maximum Gasteiger partial charge on any atom is 0.278 e. The third kappa shape index (κ3) is 2.66. The quantitative estimate of drug-likeness (QED) is 0.752. The van der Waals surface area contributed by atoms with Crippen LogP contribution in [-0.2, 0) is 12.3 Å². The minimum atomic E-state index is -0.189. The lowest BCUT2D eigenvalue weighted by Gasteiger charge is -2.08. The van der Waals surface area contributed by atoms with Crippen molar-refractivity contribution < 1.29 is 0 Å². The molecular weight excluding hydrogens is 296 g/mol. The first-order valence-electron chi connectivity index (χ1n) is 7.23. The van der Waals surface area contributed by atoms with E-state index in [4.69, 9.17) is 0 Å². The first kappa shape index (κ1) is 14.8. The zero-order valence-electron chi connectivity index (χ0n) is 12.9. The molecule has 2 heterocycles. The minimum absolute atomic E-state index is 0.189. The third-order valence-corrected chi connectivity index (χ3v) is 4.71. The van der Waals surface area contributed by atoms with E-state index in [9.17, 15) is 4.79 Å². The Morgan fingerprint density at radius 2 is 2.14 bits per heavy atom. The Morgan fingerprint density at radius 1 is 1.32 bits per heavy atom. The van der Waals surface area contributed by atoms with Crippen LogP contribution in [0.2, 0.25) is 0 Å². The van der Waals surface area contributed by atoms with Crippen molar-refractivity contribution in [1.29, 1.82) is 0 Å². The summed E-state index contributed by atoms with van der Waals surface area (Å²) in [6, 6.07) is 6.46. The number of imidazole rings is 1. The predicted molar refractivity (Wildman–Crippen MR) is 89.3 cm³/mol. The largest absolute Gasteiger partial charge is 0.311 e. The van der Waals surface area contributed by atoms with Gasteiger partial charge in [0.15, 0.2) is 16.3 Å². The molecule has 0 saturated carbocycles. The molecule has 0 aliphatic rings. The average molecular weight is 314 g/mol. The first-order valence-corrected chi connectivity index (χ1v) is 8.21. The zero-order chi connectivity index (χ0) is 15.7. The van der Waals surface area contributed by atoms with Gasteiger partial charge in [-0.3, -0.25) is 4.79 Å². The smallest absolute Gasteiger partial charge is 0.278 e. The van der Waals surface area contributed by atoms with Gasteiger partial charge in [0.1, 0.15) is 0 Å². The van der Waals surface area contributed by atoms with Gasteiger partial charge >= 0.3 is 0 Å². The number of fused-ring (bicyclic) bond motifs is 1. The lowest BCUT2D eigenvalue weighted by atomic mass is 10.1. The number of aromatic nitrogens is 4. The number of thioether (sulfide) groups is 1. The second-order valence-corrected chi connectivity index (χ2v) is 6.20. The molecule has 0 fully saturated rings. The van der Waals surface area contributed by atoms with Gasteiger partial charge in [-0.25, -0.2) is 9.97 Å². The van der Waals surface area contributed by atoms with Crippen molar-refractivity contribution in [2.24, 2.45) is 0 Å². The molecule has 0 aliphatic carbocycles. The van der Waals surface area contributed by atoms with Gasteiger partial charge < -0.3 is 9.55 Å². The minimum Gasteiger partial charge on any atom is -0.311 e. The number of aromatic amines is 1. The molecule has 114 valence electrons. The molecule has 0 atom stereocenters. The van der Waals surface area contributed by atoms with Crippen LogP contribution in [-0.4, -0.2) is 19.5 Å². The number of rotatable bonds is 4. The summed E-state index contributed by atoms with van der Waals surface area (Å²) in [5.41, 5.74) is 4.69. The Labute approximate surface area is 132 Å². The Balaban J connectivity index is 1.95. The highest BCUT2D eigenvalue weighted by Gasteiger charge is 2.14. The molecule has 1 N–H and O–H groups in total. The maximum absolute atomic E-state index is 11.9. The molecule has 0 aliphatic heterocycles. The molecule has 0 unspecified atom stereocenters. The fraction of sp³-hybridized carbons (Fsp3) is 0.312. The lowest BCUT2D eigenvalue weighted by molar-refractivity contribution is 0.695. The number of nitrogens with one attached hydrogen (secondary N) is 1. The average Bonchev–Trinajstić information content (AvgIpc) is 2.87. The van der Waals surface area contributed by atoms with Crippen molar-refractivity contribution in [1.82, 2.24) is 19.5 Å². The highest BCUT2D eigenvalue weighted by molar-refractivity contribution is 7.98. The summed E-state index contributed by atoms with van der Waals surface area (Å²) in [5.74, 6) is 0.828. The van der Waals surface area contributed by atoms with E-state index in [1.54, 1.807) is 11.8 Å².